The van der Waals surface area contributed by atoms with E-state index in [0.29, 0.717) is 19.5 Å². The smallest absolute Gasteiger partial charge is 0.310 e. The summed E-state index contributed by atoms with van der Waals surface area (Å²) >= 11 is 0. The molecule has 0 aromatic carbocycles. The van der Waals surface area contributed by atoms with Gasteiger partial charge in [-0.05, 0) is 27.2 Å². The standard InChI is InChI=1S/C12H21NO4/c1-12(2,3)17-8-10(14)13-6-5-9(7-13)11(15)16-4/h9H,5-8H2,1-4H3. The number of hydrogen-bond donors (Lipinski definition) is 0. The van der Waals surface area contributed by atoms with Gasteiger partial charge in [0.1, 0.15) is 6.61 Å². The number of carbonyl (C=O) groups excluding carboxylic acids is 2. The van der Waals surface area contributed by atoms with E-state index in [4.69, 9.17) is 4.74 Å². The molecule has 0 aromatic rings. The number of ether oxygens (including phenoxy) is 2. The number of hydrogen-bond acceptors (Lipinski definition) is 4. The van der Waals surface area contributed by atoms with E-state index in [1.807, 2.05) is 20.8 Å². The molecule has 0 aromatic heterocycles. The maximum Gasteiger partial charge on any atom is 0.310 e. The number of nitrogens with zero attached hydrogens (tertiary/aromatic N) is 1. The maximum atomic E-state index is 11.8. The summed E-state index contributed by atoms with van der Waals surface area (Å²) < 4.78 is 10.1. The van der Waals surface area contributed by atoms with Gasteiger partial charge >= 0.3 is 5.97 Å². The zero-order valence-corrected chi connectivity index (χ0v) is 11.0. The molecule has 0 radical (unpaired) electrons. The quantitative estimate of drug-likeness (QED) is 0.689. The predicted octanol–water partition coefficient (Wildman–Crippen LogP) is 0.823. The molecule has 98 valence electrons. The Morgan fingerprint density at radius 1 is 1.35 bits per heavy atom. The van der Waals surface area contributed by atoms with Crippen molar-refractivity contribution in [2.45, 2.75) is 32.8 Å². The van der Waals surface area contributed by atoms with E-state index in [9.17, 15) is 9.59 Å². The maximum absolute atomic E-state index is 11.8. The number of esters is 1. The van der Waals surface area contributed by atoms with Crippen molar-refractivity contribution in [3.05, 3.63) is 0 Å². The van der Waals surface area contributed by atoms with E-state index in [2.05, 4.69) is 4.74 Å². The fraction of sp³-hybridized carbons (Fsp3) is 0.833. The lowest BCUT2D eigenvalue weighted by Gasteiger charge is -2.22. The molecule has 5 heteroatoms. The van der Waals surface area contributed by atoms with Crippen LogP contribution in [-0.4, -0.2) is 49.2 Å². The molecule has 1 fully saturated rings. The highest BCUT2D eigenvalue weighted by Crippen LogP contribution is 2.18. The van der Waals surface area contributed by atoms with Gasteiger partial charge in [0.25, 0.3) is 0 Å². The summed E-state index contributed by atoms with van der Waals surface area (Å²) in [6.07, 6.45) is 0.675. The molecule has 0 bridgehead atoms. The van der Waals surface area contributed by atoms with Gasteiger partial charge in [-0.1, -0.05) is 0 Å². The number of methoxy groups -OCH3 is 1. The minimum atomic E-state index is -0.322. The number of carbonyl (C=O) groups is 2. The van der Waals surface area contributed by atoms with Crippen molar-refractivity contribution in [3.8, 4) is 0 Å². The monoisotopic (exact) mass is 243 g/mol. The summed E-state index contributed by atoms with van der Waals surface area (Å²) in [6, 6.07) is 0. The Hall–Kier alpha value is -1.10. The van der Waals surface area contributed by atoms with Crippen LogP contribution in [0.1, 0.15) is 27.2 Å². The first-order valence-electron chi connectivity index (χ1n) is 5.83. The van der Waals surface area contributed by atoms with Gasteiger partial charge in [-0.25, -0.2) is 0 Å². The summed E-state index contributed by atoms with van der Waals surface area (Å²) in [6.45, 7) is 6.83. The van der Waals surface area contributed by atoms with Crippen LogP contribution in [0.2, 0.25) is 0 Å². The van der Waals surface area contributed by atoms with Crippen molar-refractivity contribution in [1.29, 1.82) is 0 Å². The second-order valence-electron chi connectivity index (χ2n) is 5.25. The first-order chi connectivity index (χ1) is 7.83. The van der Waals surface area contributed by atoms with Crippen molar-refractivity contribution in [2.24, 2.45) is 5.92 Å². The van der Waals surface area contributed by atoms with Crippen molar-refractivity contribution in [1.82, 2.24) is 4.90 Å². The van der Waals surface area contributed by atoms with Crippen molar-refractivity contribution in [2.75, 3.05) is 26.8 Å². The highest BCUT2D eigenvalue weighted by atomic mass is 16.5. The summed E-state index contributed by atoms with van der Waals surface area (Å²) in [4.78, 5) is 24.8. The first kappa shape index (κ1) is 14.0. The molecular formula is C12H21NO4. The molecule has 1 aliphatic rings. The Kier molecular flexibility index (Phi) is 4.51. The summed E-state index contributed by atoms with van der Waals surface area (Å²) in [5.41, 5.74) is -0.322. The van der Waals surface area contributed by atoms with Crippen molar-refractivity contribution >= 4 is 11.9 Å². The average molecular weight is 243 g/mol. The number of amides is 1. The topological polar surface area (TPSA) is 55.8 Å². The number of rotatable bonds is 3. The molecule has 1 unspecified atom stereocenters. The van der Waals surface area contributed by atoms with Crippen LogP contribution in [0.4, 0.5) is 0 Å². The van der Waals surface area contributed by atoms with Gasteiger partial charge in [-0.2, -0.15) is 0 Å². The van der Waals surface area contributed by atoms with E-state index in [0.717, 1.165) is 0 Å². The molecule has 0 aliphatic carbocycles. The summed E-state index contributed by atoms with van der Waals surface area (Å²) in [7, 11) is 1.37. The largest absolute Gasteiger partial charge is 0.469 e. The van der Waals surface area contributed by atoms with Crippen LogP contribution in [0.5, 0.6) is 0 Å². The van der Waals surface area contributed by atoms with E-state index in [1.165, 1.54) is 7.11 Å². The third kappa shape index (κ3) is 4.34. The second kappa shape index (κ2) is 5.49. The van der Waals surface area contributed by atoms with E-state index in [1.54, 1.807) is 4.90 Å². The van der Waals surface area contributed by atoms with Gasteiger partial charge in [-0.15, -0.1) is 0 Å². The Bertz CT molecular complexity index is 295. The molecule has 1 rings (SSSR count). The number of likely N-dealkylation sites (tertiary alicyclic amines) is 1. The highest BCUT2D eigenvalue weighted by Gasteiger charge is 2.31. The Morgan fingerprint density at radius 3 is 2.53 bits per heavy atom. The van der Waals surface area contributed by atoms with Crippen molar-refractivity contribution in [3.63, 3.8) is 0 Å². The fourth-order valence-corrected chi connectivity index (χ4v) is 1.72. The molecule has 1 saturated heterocycles. The lowest BCUT2D eigenvalue weighted by molar-refractivity contribution is -0.145. The Labute approximate surface area is 102 Å². The Morgan fingerprint density at radius 2 is 2.00 bits per heavy atom. The van der Waals surface area contributed by atoms with Crippen LogP contribution in [0.15, 0.2) is 0 Å². The molecule has 0 N–H and O–H groups in total. The SMILES string of the molecule is COC(=O)C1CCN(C(=O)COC(C)(C)C)C1. The molecule has 5 nitrogen and oxygen atoms in total. The molecular weight excluding hydrogens is 222 g/mol. The molecule has 0 spiro atoms. The average Bonchev–Trinajstić information content (AvgIpc) is 2.73. The zero-order valence-electron chi connectivity index (χ0n) is 11.0. The summed E-state index contributed by atoms with van der Waals surface area (Å²) in [5.74, 6) is -0.484. The molecule has 1 amide bonds. The lowest BCUT2D eigenvalue weighted by atomic mass is 10.1. The lowest BCUT2D eigenvalue weighted by Crippen LogP contribution is -2.35. The minimum Gasteiger partial charge on any atom is -0.469 e. The fourth-order valence-electron chi connectivity index (χ4n) is 1.72. The molecule has 1 heterocycles. The molecule has 0 saturated carbocycles. The van der Waals surface area contributed by atoms with Crippen LogP contribution in [-0.2, 0) is 19.1 Å². The summed E-state index contributed by atoms with van der Waals surface area (Å²) in [5, 5.41) is 0. The van der Waals surface area contributed by atoms with Crippen LogP contribution in [0.25, 0.3) is 0 Å². The van der Waals surface area contributed by atoms with Gasteiger partial charge < -0.3 is 14.4 Å². The predicted molar refractivity (Wildman–Crippen MR) is 62.4 cm³/mol. The van der Waals surface area contributed by atoms with E-state index >= 15 is 0 Å². The van der Waals surface area contributed by atoms with Crippen LogP contribution in [0.3, 0.4) is 0 Å². The zero-order chi connectivity index (χ0) is 13.1. The van der Waals surface area contributed by atoms with Gasteiger partial charge in [0, 0.05) is 13.1 Å². The van der Waals surface area contributed by atoms with Gasteiger partial charge in [-0.3, -0.25) is 9.59 Å². The molecule has 1 aliphatic heterocycles. The van der Waals surface area contributed by atoms with Crippen molar-refractivity contribution < 1.29 is 19.1 Å². The Balaban J connectivity index is 2.38. The van der Waals surface area contributed by atoms with Gasteiger partial charge in [0.05, 0.1) is 18.6 Å². The first-order valence-corrected chi connectivity index (χ1v) is 5.83. The van der Waals surface area contributed by atoms with Gasteiger partial charge in [0.15, 0.2) is 0 Å². The van der Waals surface area contributed by atoms with E-state index < -0.39 is 0 Å². The van der Waals surface area contributed by atoms with Crippen LogP contribution < -0.4 is 0 Å². The molecule has 17 heavy (non-hydrogen) atoms. The van der Waals surface area contributed by atoms with Crippen LogP contribution in [0, 0.1) is 5.92 Å². The molecule has 1 atom stereocenters. The third-order valence-electron chi connectivity index (χ3n) is 2.70. The normalized spacial score (nSPS) is 20.5. The second-order valence-corrected chi connectivity index (χ2v) is 5.25. The third-order valence-corrected chi connectivity index (χ3v) is 2.70. The van der Waals surface area contributed by atoms with Crippen LogP contribution >= 0.6 is 0 Å². The van der Waals surface area contributed by atoms with E-state index in [-0.39, 0.29) is 30.0 Å². The van der Waals surface area contributed by atoms with Gasteiger partial charge in [0.2, 0.25) is 5.91 Å². The highest BCUT2D eigenvalue weighted by molar-refractivity contribution is 5.80. The minimum absolute atomic E-state index is 0.0636.